The molecule has 0 unspecified atom stereocenters. The average molecular weight is 371 g/mol. The molecule has 0 aliphatic carbocycles. The number of nitrogens with zero attached hydrogens (tertiary/aromatic N) is 1. The minimum atomic E-state index is 0.0360. The van der Waals surface area contributed by atoms with E-state index in [1.54, 1.807) is 11.3 Å². The molecule has 1 aromatic carbocycles. The number of hydrogen-bond donors (Lipinski definition) is 1. The Kier molecular flexibility index (Phi) is 5.27. The Morgan fingerprint density at radius 3 is 3.15 bits per heavy atom. The smallest absolute Gasteiger partial charge is 0.261 e. The predicted octanol–water partition coefficient (Wildman–Crippen LogP) is 4.16. The number of para-hydroxylation sites is 1. The average Bonchev–Trinajstić information content (AvgIpc) is 3.10. The fraction of sp³-hybridized carbons (Fsp3) is 0.476. The lowest BCUT2D eigenvalue weighted by Gasteiger charge is -2.30. The SMILES string of the molecule is C[C@H]1CCCN(CCCNC(=O)c2cc3c(s2)-c2ccccc2OC3)C1. The number of carbonyl (C=O) groups is 1. The van der Waals surface area contributed by atoms with Gasteiger partial charge in [0, 0.05) is 29.1 Å². The van der Waals surface area contributed by atoms with E-state index in [4.69, 9.17) is 4.74 Å². The molecule has 4 rings (SSSR count). The molecule has 2 aromatic rings. The maximum Gasteiger partial charge on any atom is 0.261 e. The van der Waals surface area contributed by atoms with Crippen LogP contribution in [0.2, 0.25) is 0 Å². The summed E-state index contributed by atoms with van der Waals surface area (Å²) < 4.78 is 5.79. The summed E-state index contributed by atoms with van der Waals surface area (Å²) in [5.41, 5.74) is 2.21. The zero-order valence-electron chi connectivity index (χ0n) is 15.3. The van der Waals surface area contributed by atoms with Gasteiger partial charge in [0.15, 0.2) is 0 Å². The van der Waals surface area contributed by atoms with Gasteiger partial charge in [0.05, 0.1) is 4.88 Å². The minimum absolute atomic E-state index is 0.0360. The second kappa shape index (κ2) is 7.80. The van der Waals surface area contributed by atoms with Crippen molar-refractivity contribution >= 4 is 17.2 Å². The summed E-state index contributed by atoms with van der Waals surface area (Å²) in [5.74, 6) is 1.75. The van der Waals surface area contributed by atoms with Crippen molar-refractivity contribution in [3.8, 4) is 16.2 Å². The van der Waals surface area contributed by atoms with Gasteiger partial charge in [-0.15, -0.1) is 11.3 Å². The second-order valence-electron chi connectivity index (χ2n) is 7.41. The Bertz CT molecular complexity index is 786. The number of piperidine rings is 1. The summed E-state index contributed by atoms with van der Waals surface area (Å²) in [6.45, 7) is 7.09. The molecule has 5 heteroatoms. The van der Waals surface area contributed by atoms with Crippen molar-refractivity contribution in [3.63, 3.8) is 0 Å². The third-order valence-electron chi connectivity index (χ3n) is 5.23. The van der Waals surface area contributed by atoms with E-state index >= 15 is 0 Å². The van der Waals surface area contributed by atoms with Crippen LogP contribution in [0.15, 0.2) is 30.3 Å². The first-order valence-corrected chi connectivity index (χ1v) is 10.4. The van der Waals surface area contributed by atoms with Gasteiger partial charge in [0.25, 0.3) is 5.91 Å². The van der Waals surface area contributed by atoms with Crippen LogP contribution in [-0.4, -0.2) is 37.0 Å². The number of hydrogen-bond acceptors (Lipinski definition) is 4. The van der Waals surface area contributed by atoms with Gasteiger partial charge < -0.3 is 15.0 Å². The molecule has 0 saturated carbocycles. The topological polar surface area (TPSA) is 41.6 Å². The molecular formula is C21H26N2O2S. The number of carbonyl (C=O) groups excluding carboxylic acids is 1. The fourth-order valence-corrected chi connectivity index (χ4v) is 5.01. The predicted molar refractivity (Wildman–Crippen MR) is 106 cm³/mol. The molecule has 0 radical (unpaired) electrons. The third-order valence-corrected chi connectivity index (χ3v) is 6.43. The maximum atomic E-state index is 12.5. The highest BCUT2D eigenvalue weighted by molar-refractivity contribution is 7.17. The summed E-state index contributed by atoms with van der Waals surface area (Å²) in [6.07, 6.45) is 3.66. The number of thiophene rings is 1. The van der Waals surface area contributed by atoms with Gasteiger partial charge in [-0.2, -0.15) is 0 Å². The first kappa shape index (κ1) is 17.6. The van der Waals surface area contributed by atoms with Crippen molar-refractivity contribution in [2.45, 2.75) is 32.8 Å². The molecule has 1 N–H and O–H groups in total. The van der Waals surface area contributed by atoms with Crippen LogP contribution >= 0.6 is 11.3 Å². The van der Waals surface area contributed by atoms with Crippen LogP contribution in [-0.2, 0) is 6.61 Å². The molecule has 2 aliphatic heterocycles. The molecule has 1 aromatic heterocycles. The molecule has 1 amide bonds. The van der Waals surface area contributed by atoms with Crippen LogP contribution in [0.4, 0.5) is 0 Å². The molecule has 3 heterocycles. The second-order valence-corrected chi connectivity index (χ2v) is 8.46. The van der Waals surface area contributed by atoms with Gasteiger partial charge in [-0.25, -0.2) is 0 Å². The van der Waals surface area contributed by atoms with E-state index in [1.807, 2.05) is 24.3 Å². The van der Waals surface area contributed by atoms with Crippen molar-refractivity contribution in [1.82, 2.24) is 10.2 Å². The Morgan fingerprint density at radius 1 is 1.38 bits per heavy atom. The lowest BCUT2D eigenvalue weighted by Crippen LogP contribution is -2.36. The van der Waals surface area contributed by atoms with Crippen LogP contribution in [0.5, 0.6) is 5.75 Å². The molecule has 1 fully saturated rings. The Hall–Kier alpha value is -1.85. The van der Waals surface area contributed by atoms with Crippen molar-refractivity contribution in [1.29, 1.82) is 0 Å². The third kappa shape index (κ3) is 3.79. The molecule has 138 valence electrons. The maximum absolute atomic E-state index is 12.5. The largest absolute Gasteiger partial charge is 0.488 e. The van der Waals surface area contributed by atoms with Crippen molar-refractivity contribution < 1.29 is 9.53 Å². The zero-order valence-corrected chi connectivity index (χ0v) is 16.1. The van der Waals surface area contributed by atoms with Gasteiger partial charge in [0.1, 0.15) is 12.4 Å². The van der Waals surface area contributed by atoms with Gasteiger partial charge in [-0.1, -0.05) is 19.1 Å². The van der Waals surface area contributed by atoms with Crippen molar-refractivity contribution in [3.05, 3.63) is 40.8 Å². The minimum Gasteiger partial charge on any atom is -0.488 e. The highest BCUT2D eigenvalue weighted by atomic mass is 32.1. The molecule has 26 heavy (non-hydrogen) atoms. The van der Waals surface area contributed by atoms with Crippen molar-refractivity contribution in [2.75, 3.05) is 26.2 Å². The molecule has 1 atom stereocenters. The zero-order chi connectivity index (χ0) is 17.9. The number of fused-ring (bicyclic) bond motifs is 3. The van der Waals surface area contributed by atoms with Crippen LogP contribution in [0.25, 0.3) is 10.4 Å². The fourth-order valence-electron chi connectivity index (χ4n) is 3.89. The number of benzene rings is 1. The quantitative estimate of drug-likeness (QED) is 0.804. The summed E-state index contributed by atoms with van der Waals surface area (Å²) in [7, 11) is 0. The monoisotopic (exact) mass is 370 g/mol. The molecular weight excluding hydrogens is 344 g/mol. The van der Waals surface area contributed by atoms with E-state index in [0.29, 0.717) is 6.61 Å². The van der Waals surface area contributed by atoms with Crippen LogP contribution < -0.4 is 10.1 Å². The Morgan fingerprint density at radius 2 is 2.27 bits per heavy atom. The summed E-state index contributed by atoms with van der Waals surface area (Å²) in [4.78, 5) is 17.0. The van der Waals surface area contributed by atoms with E-state index in [-0.39, 0.29) is 5.91 Å². The lowest BCUT2D eigenvalue weighted by molar-refractivity contribution is 0.0954. The van der Waals surface area contributed by atoms with Crippen LogP contribution in [0.1, 0.15) is 41.4 Å². The number of amides is 1. The van der Waals surface area contributed by atoms with Crippen LogP contribution in [0.3, 0.4) is 0 Å². The first-order chi connectivity index (χ1) is 12.7. The van der Waals surface area contributed by atoms with Gasteiger partial charge >= 0.3 is 0 Å². The van der Waals surface area contributed by atoms with Gasteiger partial charge in [-0.05, 0) is 56.5 Å². The number of ether oxygens (including phenoxy) is 1. The van der Waals surface area contributed by atoms with E-state index < -0.39 is 0 Å². The summed E-state index contributed by atoms with van der Waals surface area (Å²) >= 11 is 1.57. The molecule has 0 spiro atoms. The van der Waals surface area contributed by atoms with E-state index in [9.17, 15) is 4.79 Å². The standard InChI is InChI=1S/C21H26N2O2S/c1-15-6-4-10-23(13-15)11-5-9-22-21(24)19-12-16-14-25-18-8-3-2-7-17(18)20(16)26-19/h2-3,7-8,12,15H,4-6,9-11,13-14H2,1H3,(H,22,24)/t15-/m0/s1. The van der Waals surface area contributed by atoms with E-state index in [1.165, 1.54) is 30.8 Å². The normalized spacial score (nSPS) is 19.3. The molecule has 2 aliphatic rings. The molecule has 4 nitrogen and oxygen atoms in total. The number of rotatable bonds is 5. The number of likely N-dealkylation sites (tertiary alicyclic amines) is 1. The van der Waals surface area contributed by atoms with E-state index in [0.717, 1.165) is 47.2 Å². The summed E-state index contributed by atoms with van der Waals surface area (Å²) in [5, 5.41) is 3.09. The summed E-state index contributed by atoms with van der Waals surface area (Å²) in [6, 6.07) is 10.0. The van der Waals surface area contributed by atoms with E-state index in [2.05, 4.69) is 23.2 Å². The van der Waals surface area contributed by atoms with Gasteiger partial charge in [-0.3, -0.25) is 4.79 Å². The highest BCUT2D eigenvalue weighted by Gasteiger charge is 2.22. The number of nitrogens with one attached hydrogen (secondary N) is 1. The first-order valence-electron chi connectivity index (χ1n) is 9.56. The van der Waals surface area contributed by atoms with Crippen molar-refractivity contribution in [2.24, 2.45) is 5.92 Å². The molecule has 0 bridgehead atoms. The lowest BCUT2D eigenvalue weighted by atomic mass is 10.0. The highest BCUT2D eigenvalue weighted by Crippen LogP contribution is 2.42. The van der Waals surface area contributed by atoms with Crippen LogP contribution in [0, 0.1) is 5.92 Å². The Balaban J connectivity index is 1.32. The molecule has 1 saturated heterocycles. The van der Waals surface area contributed by atoms with Gasteiger partial charge in [0.2, 0.25) is 0 Å². The Labute approximate surface area is 159 Å².